The van der Waals surface area contributed by atoms with Gasteiger partial charge in [0.2, 0.25) is 5.91 Å². The highest BCUT2D eigenvalue weighted by Gasteiger charge is 2.39. The van der Waals surface area contributed by atoms with Gasteiger partial charge in [-0.15, -0.1) is 4.80 Å². The molecule has 0 bridgehead atoms. The number of carbonyl (C=O) groups excluding carboxylic acids is 1. The first kappa shape index (κ1) is 28.6. The number of hydrogen-bond acceptors (Lipinski definition) is 9. The molecule has 0 saturated carbocycles. The lowest BCUT2D eigenvalue weighted by Gasteiger charge is -2.39. The van der Waals surface area contributed by atoms with Gasteiger partial charge in [0.15, 0.2) is 0 Å². The number of likely N-dealkylation sites (tertiary alicyclic amines) is 1. The fraction of sp³-hybridized carbons (Fsp3) is 0.444. The van der Waals surface area contributed by atoms with Crippen LogP contribution in [-0.2, 0) is 21.6 Å². The number of aryl methyl sites for hydroxylation is 1. The number of ether oxygens (including phenoxy) is 2. The Balaban J connectivity index is 1.78. The van der Waals surface area contributed by atoms with Gasteiger partial charge in [-0.1, -0.05) is 11.3 Å². The van der Waals surface area contributed by atoms with Gasteiger partial charge in [-0.3, -0.25) is 18.7 Å². The van der Waals surface area contributed by atoms with Crippen LogP contribution >= 0.6 is 11.3 Å². The number of nitrogens with zero attached hydrogens (tertiary/aromatic N) is 6. The Hall–Kier alpha value is -3.88. The van der Waals surface area contributed by atoms with Gasteiger partial charge in [0.25, 0.3) is 5.56 Å². The van der Waals surface area contributed by atoms with Crippen molar-refractivity contribution < 1.29 is 23.8 Å². The molecule has 1 aliphatic rings. The molecule has 4 heterocycles. The number of halogens is 1. The fourth-order valence-electron chi connectivity index (χ4n) is 5.47. The molecule has 5 rings (SSSR count). The standard InChI is InChI=1S/C27H31FN6O6S/c1-16-22-23(37)33(27(2)8-7-21(36)31(3)15-27)26(38)32(25(22)41-24(16)34-29-9-10-30-34)14-20(40-12-11-35)18-13-17(28)5-6-19(18)39-4/h5-6,9-10,13,20,35H,7-8,11-12,14-15H2,1-4H3/t20-,27-/m0/s1. The van der Waals surface area contributed by atoms with E-state index in [1.165, 1.54) is 67.9 Å². The molecular formula is C27H31FN6O6S. The number of thiophene rings is 1. The Morgan fingerprint density at radius 2 is 1.95 bits per heavy atom. The van der Waals surface area contributed by atoms with Gasteiger partial charge in [-0.25, -0.2) is 9.18 Å². The number of hydrogen-bond donors (Lipinski definition) is 1. The lowest BCUT2D eigenvalue weighted by Crippen LogP contribution is -2.57. The minimum atomic E-state index is -0.983. The molecule has 41 heavy (non-hydrogen) atoms. The number of piperidine rings is 1. The average molecular weight is 587 g/mol. The van der Waals surface area contributed by atoms with Gasteiger partial charge >= 0.3 is 5.69 Å². The monoisotopic (exact) mass is 586 g/mol. The van der Waals surface area contributed by atoms with Crippen LogP contribution in [0.5, 0.6) is 5.75 Å². The third kappa shape index (κ3) is 5.06. The molecule has 12 nitrogen and oxygen atoms in total. The second-order valence-electron chi connectivity index (χ2n) is 10.3. The van der Waals surface area contributed by atoms with Crippen LogP contribution in [0.25, 0.3) is 15.2 Å². The average Bonchev–Trinajstić information content (AvgIpc) is 3.59. The summed E-state index contributed by atoms with van der Waals surface area (Å²) in [5, 5.41) is 18.8. The van der Waals surface area contributed by atoms with E-state index >= 15 is 0 Å². The summed E-state index contributed by atoms with van der Waals surface area (Å²) in [6.45, 7) is 3.23. The number of methoxy groups -OCH3 is 1. The highest BCUT2D eigenvalue weighted by atomic mass is 32.1. The van der Waals surface area contributed by atoms with E-state index in [0.717, 1.165) is 0 Å². The molecule has 1 saturated heterocycles. The van der Waals surface area contributed by atoms with E-state index in [-0.39, 0.29) is 38.6 Å². The molecule has 1 amide bonds. The third-order valence-electron chi connectivity index (χ3n) is 7.51. The maximum Gasteiger partial charge on any atom is 0.332 e. The van der Waals surface area contributed by atoms with E-state index in [1.807, 2.05) is 0 Å². The molecule has 0 radical (unpaired) electrons. The summed E-state index contributed by atoms with van der Waals surface area (Å²) in [6, 6.07) is 3.98. The number of amides is 1. The molecule has 14 heteroatoms. The minimum Gasteiger partial charge on any atom is -0.496 e. The molecule has 0 aliphatic carbocycles. The van der Waals surface area contributed by atoms with Crippen LogP contribution in [-0.4, -0.2) is 74.0 Å². The first-order valence-electron chi connectivity index (χ1n) is 13.1. The molecule has 1 aromatic carbocycles. The van der Waals surface area contributed by atoms with Crippen molar-refractivity contribution in [2.45, 2.75) is 44.9 Å². The van der Waals surface area contributed by atoms with Crippen molar-refractivity contribution >= 4 is 27.5 Å². The van der Waals surface area contributed by atoms with Crippen LogP contribution in [0.2, 0.25) is 0 Å². The quantitative estimate of drug-likeness (QED) is 0.315. The minimum absolute atomic E-state index is 0.0636. The van der Waals surface area contributed by atoms with Crippen molar-refractivity contribution in [1.29, 1.82) is 0 Å². The molecule has 4 aromatic rings. The third-order valence-corrected chi connectivity index (χ3v) is 8.79. The second-order valence-corrected chi connectivity index (χ2v) is 11.3. The zero-order valence-corrected chi connectivity index (χ0v) is 24.0. The molecule has 3 aromatic heterocycles. The van der Waals surface area contributed by atoms with Crippen molar-refractivity contribution in [3.05, 3.63) is 68.4 Å². The molecular weight excluding hydrogens is 555 g/mol. The molecule has 218 valence electrons. The van der Waals surface area contributed by atoms with Gasteiger partial charge in [0.1, 0.15) is 27.5 Å². The van der Waals surface area contributed by atoms with E-state index in [2.05, 4.69) is 10.2 Å². The van der Waals surface area contributed by atoms with Crippen molar-refractivity contribution in [2.75, 3.05) is 33.9 Å². The van der Waals surface area contributed by atoms with Crippen LogP contribution in [0.1, 0.15) is 37.0 Å². The Bertz CT molecular complexity index is 1710. The molecule has 1 N–H and O–H groups in total. The predicted octanol–water partition coefficient (Wildman–Crippen LogP) is 1.98. The summed E-state index contributed by atoms with van der Waals surface area (Å²) in [5.41, 5.74) is -1.12. The number of carbonyl (C=O) groups is 1. The number of benzene rings is 1. The molecule has 1 fully saturated rings. The summed E-state index contributed by atoms with van der Waals surface area (Å²) in [4.78, 5) is 44.1. The maximum absolute atomic E-state index is 14.4. The number of aliphatic hydroxyl groups excluding tert-OH is 1. The lowest BCUT2D eigenvalue weighted by molar-refractivity contribution is -0.135. The summed E-state index contributed by atoms with van der Waals surface area (Å²) in [7, 11) is 3.09. The summed E-state index contributed by atoms with van der Waals surface area (Å²) in [6.07, 6.45) is 2.59. The lowest BCUT2D eigenvalue weighted by atomic mass is 9.90. The van der Waals surface area contributed by atoms with E-state index in [4.69, 9.17) is 9.47 Å². The molecule has 0 spiro atoms. The number of likely N-dealkylation sites (N-methyl/N-ethyl adjacent to an activating group) is 1. The van der Waals surface area contributed by atoms with E-state index in [0.29, 0.717) is 38.5 Å². The Kier molecular flexibility index (Phi) is 7.81. The SMILES string of the molecule is COc1ccc(F)cc1[C@H](Cn1c(=O)n([C@@]2(C)CCC(=O)N(C)C2)c(=O)c2c(C)c(-n3nccn3)sc21)OCCO. The van der Waals surface area contributed by atoms with Crippen LogP contribution in [0.3, 0.4) is 0 Å². The predicted molar refractivity (Wildman–Crippen MR) is 149 cm³/mol. The van der Waals surface area contributed by atoms with Crippen LogP contribution < -0.4 is 16.0 Å². The number of aromatic nitrogens is 5. The van der Waals surface area contributed by atoms with Crippen molar-refractivity contribution in [2.24, 2.45) is 0 Å². The normalized spacial score (nSPS) is 18.3. The number of fused-ring (bicyclic) bond motifs is 1. The molecule has 0 unspecified atom stereocenters. The zero-order chi connectivity index (χ0) is 29.5. The van der Waals surface area contributed by atoms with Crippen LogP contribution in [0.4, 0.5) is 4.39 Å². The summed E-state index contributed by atoms with van der Waals surface area (Å²) in [5.74, 6) is -0.247. The molecule has 1 aliphatic heterocycles. The largest absolute Gasteiger partial charge is 0.496 e. The second kappa shape index (κ2) is 11.2. The van der Waals surface area contributed by atoms with Crippen molar-refractivity contribution in [3.63, 3.8) is 0 Å². The van der Waals surface area contributed by atoms with Gasteiger partial charge in [-0.2, -0.15) is 10.2 Å². The molecule has 2 atom stereocenters. The van der Waals surface area contributed by atoms with E-state index < -0.39 is 28.7 Å². The zero-order valence-electron chi connectivity index (χ0n) is 23.2. The van der Waals surface area contributed by atoms with Crippen molar-refractivity contribution in [3.8, 4) is 10.8 Å². The van der Waals surface area contributed by atoms with E-state index in [9.17, 15) is 23.9 Å². The fourth-order valence-corrected chi connectivity index (χ4v) is 6.69. The van der Waals surface area contributed by atoms with Gasteiger partial charge in [0.05, 0.1) is 50.2 Å². The Morgan fingerprint density at radius 1 is 1.22 bits per heavy atom. The highest BCUT2D eigenvalue weighted by molar-refractivity contribution is 7.21. The van der Waals surface area contributed by atoms with Crippen LogP contribution in [0, 0.1) is 12.7 Å². The van der Waals surface area contributed by atoms with Crippen LogP contribution in [0.15, 0.2) is 40.2 Å². The highest BCUT2D eigenvalue weighted by Crippen LogP contribution is 2.35. The van der Waals surface area contributed by atoms with Crippen molar-refractivity contribution in [1.82, 2.24) is 29.0 Å². The maximum atomic E-state index is 14.4. The first-order chi connectivity index (χ1) is 19.6. The van der Waals surface area contributed by atoms with Gasteiger partial charge in [-0.05, 0) is 38.5 Å². The smallest absolute Gasteiger partial charge is 0.332 e. The van der Waals surface area contributed by atoms with Gasteiger partial charge < -0.3 is 19.5 Å². The topological polar surface area (TPSA) is 134 Å². The first-order valence-corrected chi connectivity index (χ1v) is 13.9. The Morgan fingerprint density at radius 3 is 2.61 bits per heavy atom. The number of aliphatic hydroxyl groups is 1. The summed E-state index contributed by atoms with van der Waals surface area (Å²) < 4.78 is 28.5. The Labute approximate surface area is 238 Å². The van der Waals surface area contributed by atoms with E-state index in [1.54, 1.807) is 20.9 Å². The summed E-state index contributed by atoms with van der Waals surface area (Å²) >= 11 is 1.18. The number of rotatable bonds is 9. The van der Waals surface area contributed by atoms with Gasteiger partial charge in [0, 0.05) is 31.1 Å².